The van der Waals surface area contributed by atoms with Crippen LogP contribution in [0.1, 0.15) is 54.9 Å². The van der Waals surface area contributed by atoms with Crippen LogP contribution in [0, 0.1) is 0 Å². The van der Waals surface area contributed by atoms with Crippen molar-refractivity contribution in [2.75, 3.05) is 24.6 Å². The third-order valence-electron chi connectivity index (χ3n) is 4.91. The van der Waals surface area contributed by atoms with Gasteiger partial charge in [0.05, 0.1) is 6.04 Å². The van der Waals surface area contributed by atoms with Crippen LogP contribution in [0.25, 0.3) is 0 Å². The summed E-state index contributed by atoms with van der Waals surface area (Å²) in [6.07, 6.45) is 6.38. The summed E-state index contributed by atoms with van der Waals surface area (Å²) in [7, 11) is 0. The van der Waals surface area contributed by atoms with Crippen LogP contribution in [-0.2, 0) is 0 Å². The molecule has 5 nitrogen and oxygen atoms in total. The molecule has 0 N–H and O–H groups in total. The number of hydrogen-bond donors (Lipinski definition) is 0. The second kappa shape index (κ2) is 7.32. The van der Waals surface area contributed by atoms with E-state index in [2.05, 4.69) is 42.6 Å². The van der Waals surface area contributed by atoms with Gasteiger partial charge in [0, 0.05) is 29.5 Å². The van der Waals surface area contributed by atoms with Gasteiger partial charge in [-0.25, -0.2) is 4.68 Å². The molecule has 0 aromatic carbocycles. The smallest absolute Gasteiger partial charge is 0.174 e. The number of aromatic nitrogens is 4. The first-order valence-electron chi connectivity index (χ1n) is 8.56. The zero-order chi connectivity index (χ0) is 15.5. The van der Waals surface area contributed by atoms with Crippen LogP contribution in [0.15, 0.2) is 17.5 Å². The van der Waals surface area contributed by atoms with Crippen molar-refractivity contribution in [1.82, 2.24) is 25.1 Å². The molecular formula is C16H23N5S2. The number of hydrogen-bond acceptors (Lipinski definition) is 6. The van der Waals surface area contributed by atoms with Gasteiger partial charge in [-0.15, -0.1) is 16.4 Å². The van der Waals surface area contributed by atoms with Crippen molar-refractivity contribution in [3.8, 4) is 0 Å². The minimum atomic E-state index is 0.216. The number of rotatable bonds is 4. The molecule has 0 unspecified atom stereocenters. The fourth-order valence-electron chi connectivity index (χ4n) is 3.72. The average Bonchev–Trinajstić information content (AvgIpc) is 3.30. The highest BCUT2D eigenvalue weighted by molar-refractivity contribution is 7.99. The summed E-state index contributed by atoms with van der Waals surface area (Å²) in [5, 5.41) is 15.1. The lowest BCUT2D eigenvalue weighted by Crippen LogP contribution is -2.38. The van der Waals surface area contributed by atoms with Crippen molar-refractivity contribution in [2.24, 2.45) is 0 Å². The van der Waals surface area contributed by atoms with Crippen LogP contribution in [-0.4, -0.2) is 49.7 Å². The summed E-state index contributed by atoms with van der Waals surface area (Å²) < 4.78 is 2.14. The van der Waals surface area contributed by atoms with Crippen molar-refractivity contribution >= 4 is 23.1 Å². The lowest BCUT2D eigenvalue weighted by molar-refractivity contribution is 0.225. The van der Waals surface area contributed by atoms with Crippen molar-refractivity contribution in [2.45, 2.75) is 44.2 Å². The van der Waals surface area contributed by atoms with E-state index in [0.717, 1.165) is 18.9 Å². The summed E-state index contributed by atoms with van der Waals surface area (Å²) in [6, 6.07) is 5.07. The molecule has 7 heteroatoms. The van der Waals surface area contributed by atoms with Gasteiger partial charge in [-0.2, -0.15) is 11.8 Å². The molecule has 1 aliphatic carbocycles. The Morgan fingerprint density at radius 3 is 2.70 bits per heavy atom. The van der Waals surface area contributed by atoms with Crippen LogP contribution >= 0.6 is 23.1 Å². The molecule has 0 radical (unpaired) electrons. The van der Waals surface area contributed by atoms with Gasteiger partial charge in [0.15, 0.2) is 5.82 Å². The van der Waals surface area contributed by atoms with Crippen molar-refractivity contribution < 1.29 is 0 Å². The van der Waals surface area contributed by atoms with Crippen LogP contribution < -0.4 is 0 Å². The molecule has 124 valence electrons. The van der Waals surface area contributed by atoms with Crippen LogP contribution in [0.3, 0.4) is 0 Å². The molecule has 0 amide bonds. The topological polar surface area (TPSA) is 46.8 Å². The van der Waals surface area contributed by atoms with Crippen LogP contribution in [0.5, 0.6) is 0 Å². The lowest BCUT2D eigenvalue weighted by Gasteiger charge is -2.34. The van der Waals surface area contributed by atoms with Crippen LogP contribution in [0.4, 0.5) is 0 Å². The maximum absolute atomic E-state index is 4.48. The first-order valence-corrected chi connectivity index (χ1v) is 10.6. The molecule has 2 aromatic heterocycles. The molecule has 2 fully saturated rings. The maximum Gasteiger partial charge on any atom is 0.174 e. The van der Waals surface area contributed by atoms with E-state index in [-0.39, 0.29) is 6.04 Å². The summed E-state index contributed by atoms with van der Waals surface area (Å²) in [5.74, 6) is 3.45. The molecule has 2 aromatic rings. The van der Waals surface area contributed by atoms with E-state index in [1.54, 1.807) is 0 Å². The molecule has 23 heavy (non-hydrogen) atoms. The monoisotopic (exact) mass is 349 g/mol. The van der Waals surface area contributed by atoms with E-state index in [1.165, 1.54) is 48.5 Å². The Morgan fingerprint density at radius 1 is 1.13 bits per heavy atom. The Morgan fingerprint density at radius 2 is 1.96 bits per heavy atom. The number of tetrazole rings is 1. The average molecular weight is 350 g/mol. The Hall–Kier alpha value is -0.920. The Balaban J connectivity index is 1.67. The molecule has 1 atom stereocenters. The van der Waals surface area contributed by atoms with E-state index in [9.17, 15) is 0 Å². The Labute approximate surface area is 145 Å². The van der Waals surface area contributed by atoms with Crippen molar-refractivity contribution in [3.63, 3.8) is 0 Å². The molecule has 2 aliphatic rings. The molecule has 3 heterocycles. The molecule has 4 rings (SSSR count). The first kappa shape index (κ1) is 15.6. The normalized spacial score (nSPS) is 22.3. The van der Waals surface area contributed by atoms with E-state index in [1.807, 2.05) is 23.1 Å². The Bertz CT molecular complexity index is 600. The lowest BCUT2D eigenvalue weighted by atomic mass is 9.95. The molecular weight excluding hydrogens is 326 g/mol. The van der Waals surface area contributed by atoms with Crippen LogP contribution in [0.2, 0.25) is 0 Å². The third-order valence-corrected chi connectivity index (χ3v) is 6.77. The molecule has 0 spiro atoms. The first-order chi connectivity index (χ1) is 11.4. The third kappa shape index (κ3) is 3.32. The number of thiophene rings is 1. The second-order valence-corrected chi connectivity index (χ2v) is 8.54. The predicted molar refractivity (Wildman–Crippen MR) is 95.0 cm³/mol. The molecule has 0 bridgehead atoms. The zero-order valence-corrected chi connectivity index (χ0v) is 14.9. The molecule has 1 aliphatic heterocycles. The van der Waals surface area contributed by atoms with E-state index in [4.69, 9.17) is 0 Å². The zero-order valence-electron chi connectivity index (χ0n) is 13.3. The highest BCUT2D eigenvalue weighted by atomic mass is 32.2. The Kier molecular flexibility index (Phi) is 4.96. The summed E-state index contributed by atoms with van der Waals surface area (Å²) in [4.78, 5) is 3.93. The fourth-order valence-corrected chi connectivity index (χ4v) is 5.51. The van der Waals surface area contributed by atoms with Gasteiger partial charge < -0.3 is 0 Å². The minimum Gasteiger partial charge on any atom is -0.287 e. The van der Waals surface area contributed by atoms with Gasteiger partial charge in [0.1, 0.15) is 6.04 Å². The van der Waals surface area contributed by atoms with Gasteiger partial charge >= 0.3 is 0 Å². The SMILES string of the molecule is c1csc([C@H](c2nnnn2C2CCCCC2)N2CCSCC2)c1. The highest BCUT2D eigenvalue weighted by Crippen LogP contribution is 2.35. The van der Waals surface area contributed by atoms with E-state index < -0.39 is 0 Å². The predicted octanol–water partition coefficient (Wildman–Crippen LogP) is 3.38. The maximum atomic E-state index is 4.48. The van der Waals surface area contributed by atoms with Gasteiger partial charge in [0.25, 0.3) is 0 Å². The number of thioether (sulfide) groups is 1. The standard InChI is InChI=1S/C16H23N5S2/c1-2-5-13(6-3-1)21-16(17-18-19-21)15(14-7-4-10-23-14)20-8-11-22-12-9-20/h4,7,10,13,15H,1-3,5-6,8-9,11-12H2/t15-/m1/s1. The molecule has 1 saturated heterocycles. The summed E-state index contributed by atoms with van der Waals surface area (Å²) >= 11 is 3.87. The van der Waals surface area contributed by atoms with E-state index >= 15 is 0 Å². The van der Waals surface area contributed by atoms with Gasteiger partial charge in [-0.3, -0.25) is 4.90 Å². The molecule has 1 saturated carbocycles. The quantitative estimate of drug-likeness (QED) is 0.847. The van der Waals surface area contributed by atoms with Crippen molar-refractivity contribution in [3.05, 3.63) is 28.2 Å². The second-order valence-electron chi connectivity index (χ2n) is 6.34. The fraction of sp³-hybridized carbons (Fsp3) is 0.688. The van der Waals surface area contributed by atoms with E-state index in [0.29, 0.717) is 6.04 Å². The largest absolute Gasteiger partial charge is 0.287 e. The van der Waals surface area contributed by atoms with Gasteiger partial charge in [-0.05, 0) is 34.7 Å². The summed E-state index contributed by atoms with van der Waals surface area (Å²) in [6.45, 7) is 2.23. The van der Waals surface area contributed by atoms with Gasteiger partial charge in [0.2, 0.25) is 0 Å². The summed E-state index contributed by atoms with van der Waals surface area (Å²) in [5.41, 5.74) is 0. The van der Waals surface area contributed by atoms with Gasteiger partial charge in [-0.1, -0.05) is 25.3 Å². The highest BCUT2D eigenvalue weighted by Gasteiger charge is 2.32. The number of nitrogens with zero attached hydrogens (tertiary/aromatic N) is 5. The minimum absolute atomic E-state index is 0.216. The van der Waals surface area contributed by atoms with Crippen molar-refractivity contribution in [1.29, 1.82) is 0 Å².